The molecule has 1 saturated heterocycles. The topological polar surface area (TPSA) is 44.8 Å². The minimum atomic E-state index is -0.0645. The Morgan fingerprint density at radius 3 is 2.40 bits per heavy atom. The van der Waals surface area contributed by atoms with Gasteiger partial charge in [-0.1, -0.05) is 30.3 Å². The van der Waals surface area contributed by atoms with Crippen LogP contribution in [0.5, 0.6) is 5.75 Å². The maximum atomic E-state index is 12.5. The lowest BCUT2D eigenvalue weighted by atomic mass is 10.0. The zero-order valence-electron chi connectivity index (χ0n) is 14.8. The highest BCUT2D eigenvalue weighted by Crippen LogP contribution is 2.25. The minimum Gasteiger partial charge on any atom is -0.495 e. The van der Waals surface area contributed by atoms with E-state index < -0.39 is 0 Å². The van der Waals surface area contributed by atoms with Crippen LogP contribution in [0.2, 0.25) is 0 Å². The molecule has 25 heavy (non-hydrogen) atoms. The van der Waals surface area contributed by atoms with Crippen LogP contribution in [0.25, 0.3) is 0 Å². The van der Waals surface area contributed by atoms with Gasteiger partial charge in [0.15, 0.2) is 0 Å². The van der Waals surface area contributed by atoms with Crippen molar-refractivity contribution in [2.45, 2.75) is 18.9 Å². The number of anilines is 2. The molecule has 1 aliphatic rings. The predicted molar refractivity (Wildman–Crippen MR) is 101 cm³/mol. The molecule has 2 aromatic carbocycles. The summed E-state index contributed by atoms with van der Waals surface area (Å²) in [4.78, 5) is 16.7. The van der Waals surface area contributed by atoms with Crippen LogP contribution in [0, 0.1) is 0 Å². The number of urea groups is 1. The average molecular weight is 339 g/mol. The van der Waals surface area contributed by atoms with Crippen LogP contribution in [0.1, 0.15) is 12.8 Å². The molecule has 0 radical (unpaired) electrons. The van der Waals surface area contributed by atoms with Crippen molar-refractivity contribution in [1.29, 1.82) is 0 Å². The summed E-state index contributed by atoms with van der Waals surface area (Å²) in [5.41, 5.74) is 1.93. The normalized spacial score (nSPS) is 14.9. The monoisotopic (exact) mass is 339 g/mol. The second-order valence-corrected chi connectivity index (χ2v) is 6.30. The van der Waals surface area contributed by atoms with Crippen LogP contribution < -0.4 is 15.0 Å². The van der Waals surface area contributed by atoms with Gasteiger partial charge in [0.05, 0.1) is 12.8 Å². The van der Waals surface area contributed by atoms with Gasteiger partial charge < -0.3 is 19.9 Å². The number of likely N-dealkylation sites (tertiary alicyclic amines) is 1. The van der Waals surface area contributed by atoms with Crippen LogP contribution in [0.15, 0.2) is 54.6 Å². The van der Waals surface area contributed by atoms with Crippen LogP contribution in [-0.2, 0) is 0 Å². The first kappa shape index (κ1) is 17.1. The number of nitrogens with one attached hydrogen (secondary N) is 1. The van der Waals surface area contributed by atoms with Gasteiger partial charge in [-0.05, 0) is 37.1 Å². The number of hydrogen-bond acceptors (Lipinski definition) is 3. The van der Waals surface area contributed by atoms with Crippen molar-refractivity contribution < 1.29 is 9.53 Å². The van der Waals surface area contributed by atoms with Gasteiger partial charge in [-0.3, -0.25) is 0 Å². The smallest absolute Gasteiger partial charge is 0.321 e. The number of amides is 2. The van der Waals surface area contributed by atoms with Crippen molar-refractivity contribution in [3.05, 3.63) is 54.6 Å². The minimum absolute atomic E-state index is 0.0645. The molecule has 132 valence electrons. The summed E-state index contributed by atoms with van der Waals surface area (Å²) in [5.74, 6) is 0.676. The van der Waals surface area contributed by atoms with Gasteiger partial charge in [-0.25, -0.2) is 4.79 Å². The Hall–Kier alpha value is -2.69. The molecular weight excluding hydrogens is 314 g/mol. The average Bonchev–Trinajstić information content (AvgIpc) is 2.68. The van der Waals surface area contributed by atoms with Gasteiger partial charge in [0, 0.05) is 31.9 Å². The Bertz CT molecular complexity index is 697. The fourth-order valence-electron chi connectivity index (χ4n) is 3.27. The summed E-state index contributed by atoms with van der Waals surface area (Å²) in [6, 6.07) is 18.3. The van der Waals surface area contributed by atoms with Gasteiger partial charge in [-0.15, -0.1) is 0 Å². The fraction of sp³-hybridized carbons (Fsp3) is 0.350. The molecule has 1 fully saturated rings. The van der Waals surface area contributed by atoms with E-state index in [-0.39, 0.29) is 6.03 Å². The van der Waals surface area contributed by atoms with E-state index in [9.17, 15) is 4.79 Å². The van der Waals surface area contributed by atoms with Gasteiger partial charge in [0.1, 0.15) is 5.75 Å². The number of piperidine rings is 1. The zero-order chi connectivity index (χ0) is 17.6. The number of ether oxygens (including phenoxy) is 1. The third kappa shape index (κ3) is 4.05. The van der Waals surface area contributed by atoms with E-state index in [0.29, 0.717) is 17.5 Å². The van der Waals surface area contributed by atoms with Gasteiger partial charge in [0.2, 0.25) is 0 Å². The lowest BCUT2D eigenvalue weighted by Gasteiger charge is -2.37. The predicted octanol–water partition coefficient (Wildman–Crippen LogP) is 3.83. The molecule has 1 N–H and O–H groups in total. The number of carbonyl (C=O) groups excluding carboxylic acids is 1. The SMILES string of the molecule is COc1ccccc1NC(=O)N1CCC(N(C)c2ccccc2)CC1. The Labute approximate surface area is 149 Å². The van der Waals surface area contributed by atoms with Crippen LogP contribution in [-0.4, -0.2) is 44.2 Å². The molecule has 1 aliphatic heterocycles. The standard InChI is InChI=1S/C20H25N3O2/c1-22(16-8-4-3-5-9-16)17-12-14-23(15-13-17)20(24)21-18-10-6-7-11-19(18)25-2/h3-11,17H,12-15H2,1-2H3,(H,21,24). The van der Waals surface area contributed by atoms with Crippen LogP contribution in [0.4, 0.5) is 16.2 Å². The fourth-order valence-corrected chi connectivity index (χ4v) is 3.27. The van der Waals surface area contributed by atoms with E-state index >= 15 is 0 Å². The lowest BCUT2D eigenvalue weighted by molar-refractivity contribution is 0.194. The Morgan fingerprint density at radius 2 is 1.72 bits per heavy atom. The van der Waals surface area contributed by atoms with Gasteiger partial charge in [0.25, 0.3) is 0 Å². The number of benzene rings is 2. The molecule has 0 saturated carbocycles. The summed E-state index contributed by atoms with van der Waals surface area (Å²) >= 11 is 0. The number of hydrogen-bond donors (Lipinski definition) is 1. The number of nitrogens with zero attached hydrogens (tertiary/aromatic N) is 2. The van der Waals surface area contributed by atoms with E-state index in [1.165, 1.54) is 5.69 Å². The summed E-state index contributed by atoms with van der Waals surface area (Å²) in [6.07, 6.45) is 1.93. The Balaban J connectivity index is 1.56. The molecule has 1 heterocycles. The van der Waals surface area contributed by atoms with E-state index in [2.05, 4.69) is 41.5 Å². The summed E-state index contributed by atoms with van der Waals surface area (Å²) in [5, 5.41) is 2.96. The number of carbonyl (C=O) groups is 1. The largest absolute Gasteiger partial charge is 0.495 e. The molecule has 0 spiro atoms. The van der Waals surface area contributed by atoms with Gasteiger partial charge >= 0.3 is 6.03 Å². The van der Waals surface area contributed by atoms with E-state index in [1.54, 1.807) is 7.11 Å². The molecule has 5 nitrogen and oxygen atoms in total. The molecule has 2 amide bonds. The van der Waals surface area contributed by atoms with Crippen LogP contribution in [0.3, 0.4) is 0 Å². The highest BCUT2D eigenvalue weighted by molar-refractivity contribution is 5.91. The highest BCUT2D eigenvalue weighted by Gasteiger charge is 2.25. The molecular formula is C20H25N3O2. The van der Waals surface area contributed by atoms with E-state index in [1.807, 2.05) is 35.2 Å². The molecule has 0 atom stereocenters. The second kappa shape index (κ2) is 7.92. The van der Waals surface area contributed by atoms with Crippen molar-refractivity contribution in [2.75, 3.05) is 37.5 Å². The molecule has 0 unspecified atom stereocenters. The third-order valence-corrected chi connectivity index (χ3v) is 4.81. The first-order valence-corrected chi connectivity index (χ1v) is 8.66. The molecule has 0 aromatic heterocycles. The maximum absolute atomic E-state index is 12.5. The first-order chi connectivity index (χ1) is 12.2. The first-order valence-electron chi connectivity index (χ1n) is 8.66. The molecule has 2 aromatic rings. The quantitative estimate of drug-likeness (QED) is 0.921. The number of rotatable bonds is 4. The van der Waals surface area contributed by atoms with Crippen molar-refractivity contribution in [2.24, 2.45) is 0 Å². The summed E-state index contributed by atoms with van der Waals surface area (Å²) in [6.45, 7) is 1.51. The third-order valence-electron chi connectivity index (χ3n) is 4.81. The van der Waals surface area contributed by atoms with Crippen LogP contribution >= 0.6 is 0 Å². The number of methoxy groups -OCH3 is 1. The number of para-hydroxylation sites is 3. The van der Waals surface area contributed by atoms with E-state index in [0.717, 1.165) is 25.9 Å². The maximum Gasteiger partial charge on any atom is 0.321 e. The van der Waals surface area contributed by atoms with Crippen molar-refractivity contribution in [1.82, 2.24) is 4.90 Å². The Morgan fingerprint density at radius 1 is 1.08 bits per heavy atom. The lowest BCUT2D eigenvalue weighted by Crippen LogP contribution is -2.47. The summed E-state index contributed by atoms with van der Waals surface area (Å²) < 4.78 is 5.29. The molecule has 5 heteroatoms. The molecule has 0 bridgehead atoms. The zero-order valence-corrected chi connectivity index (χ0v) is 14.8. The van der Waals surface area contributed by atoms with Gasteiger partial charge in [-0.2, -0.15) is 0 Å². The Kier molecular flexibility index (Phi) is 5.43. The van der Waals surface area contributed by atoms with E-state index in [4.69, 9.17) is 4.74 Å². The van der Waals surface area contributed by atoms with Crippen molar-refractivity contribution in [3.8, 4) is 5.75 Å². The van der Waals surface area contributed by atoms with Crippen molar-refractivity contribution in [3.63, 3.8) is 0 Å². The second-order valence-electron chi connectivity index (χ2n) is 6.30. The molecule has 0 aliphatic carbocycles. The van der Waals surface area contributed by atoms with Crippen molar-refractivity contribution >= 4 is 17.4 Å². The molecule has 3 rings (SSSR count). The summed E-state index contributed by atoms with van der Waals surface area (Å²) in [7, 11) is 3.74. The highest BCUT2D eigenvalue weighted by atomic mass is 16.5.